The van der Waals surface area contributed by atoms with Crippen LogP contribution in [-0.2, 0) is 79.6 Å². The summed E-state index contributed by atoms with van der Waals surface area (Å²) in [6, 6.07) is 30.8. The molecule has 12 aromatic heterocycles. The molecular weight excluding hydrogens is 1650 g/mol. The fraction of sp³-hybridized carbons (Fsp3) is 0.235. The summed E-state index contributed by atoms with van der Waals surface area (Å²) >= 11 is 0. The normalized spacial score (nSPS) is 14.8. The molecule has 0 spiro atoms. The van der Waals surface area contributed by atoms with Crippen molar-refractivity contribution in [2.75, 3.05) is 21.3 Å². The minimum absolute atomic E-state index is 0.00871. The van der Waals surface area contributed by atoms with Gasteiger partial charge in [-0.1, -0.05) is 79.7 Å². The Morgan fingerprint density at radius 3 is 1.07 bits per heavy atom. The smallest absolute Gasteiger partial charge is 0.310 e. The predicted molar refractivity (Wildman–Crippen MR) is 435 cm³/mol. The van der Waals surface area contributed by atoms with Gasteiger partial charge in [0.15, 0.2) is 45.9 Å². The lowest BCUT2D eigenvalue weighted by atomic mass is 9.85. The molecule has 20 rings (SSSR count). The van der Waals surface area contributed by atoms with Crippen LogP contribution in [0.4, 0.5) is 67.2 Å². The number of carbonyl (C=O) groups is 4. The van der Waals surface area contributed by atoms with Crippen LogP contribution < -0.4 is 21.3 Å². The molecule has 0 saturated heterocycles. The molecule has 0 atom stereocenters. The van der Waals surface area contributed by atoms with E-state index < -0.39 is 56.8 Å². The van der Waals surface area contributed by atoms with Crippen molar-refractivity contribution < 1.29 is 63.1 Å². The van der Waals surface area contributed by atoms with E-state index >= 15 is 0 Å². The average Bonchev–Trinajstić information content (AvgIpc) is 1.59. The Kier molecular flexibility index (Phi) is 20.5. The first kappa shape index (κ1) is 82.9. The number of hydrogen-bond acceptors (Lipinski definition) is 23. The number of anilines is 4. The van der Waals surface area contributed by atoms with Crippen molar-refractivity contribution in [3.05, 3.63) is 242 Å². The van der Waals surface area contributed by atoms with Gasteiger partial charge in [-0.15, -0.1) is 30.6 Å². The van der Waals surface area contributed by atoms with Crippen LogP contribution in [-0.4, -0.2) is 138 Å². The van der Waals surface area contributed by atoms with Crippen molar-refractivity contribution in [1.82, 2.24) is 115 Å². The number of benzene rings is 4. The molecule has 4 aromatic carbocycles. The van der Waals surface area contributed by atoms with Gasteiger partial charge in [-0.25, -0.2) is 94.3 Å². The highest BCUT2D eigenvalue weighted by molar-refractivity contribution is 6.07. The van der Waals surface area contributed by atoms with Gasteiger partial charge in [-0.05, 0) is 123 Å². The summed E-state index contributed by atoms with van der Waals surface area (Å²) in [5.41, 5.74) is 1.72. The van der Waals surface area contributed by atoms with Crippen LogP contribution in [0.15, 0.2) is 140 Å². The Labute approximate surface area is 705 Å². The second kappa shape index (κ2) is 31.2. The van der Waals surface area contributed by atoms with Crippen molar-refractivity contribution in [2.45, 2.75) is 130 Å². The van der Waals surface area contributed by atoms with Crippen LogP contribution in [0.1, 0.15) is 124 Å². The minimum Gasteiger partial charge on any atom is -0.310 e. The van der Waals surface area contributed by atoms with Gasteiger partial charge in [-0.3, -0.25) is 19.2 Å². The highest BCUT2D eigenvalue weighted by Crippen LogP contribution is 2.43. The molecule has 636 valence electrons. The molecule has 16 aromatic rings. The van der Waals surface area contributed by atoms with Crippen LogP contribution in [0.25, 0.3) is 90.2 Å². The van der Waals surface area contributed by atoms with Crippen molar-refractivity contribution >= 4 is 91.0 Å². The maximum atomic E-state index is 14.3. The molecule has 31 nitrogen and oxygen atoms in total. The quantitative estimate of drug-likeness (QED) is 0.0779. The third-order valence-corrected chi connectivity index (χ3v) is 21.8. The molecule has 0 fully saturated rings. The first-order chi connectivity index (χ1) is 59.9. The molecule has 0 radical (unpaired) electrons. The van der Waals surface area contributed by atoms with Gasteiger partial charge in [0.25, 0.3) is 0 Å². The SMILES string of the molecule is CC1(C)C(=O)Nc2nc(-c3nn(Cc4ccccc4F)c4nc(C(F)(F)F)ccc34)nnc21.CC1(C)C(=O)Nc2nc(-c3nn(Cc4ccccc4F)c4ncc(F)cc34)nnc21.CCc1nc(-c2nn(Cc3ccccc3F)c3ncc(F)cc23)nc2c1C(C)(C)C(=O)N2.Cc1nc2c(cc1F)c(-c1nnc3c(n1)NC(=O)C3(C)C)nn2Cc1ccccc1F. The number of halogens is 10. The molecule has 126 heavy (non-hydrogen) atoms. The van der Waals surface area contributed by atoms with Crippen molar-refractivity contribution in [1.29, 1.82) is 0 Å². The summed E-state index contributed by atoms with van der Waals surface area (Å²) < 4.78 is 145. The zero-order valence-corrected chi connectivity index (χ0v) is 68.0. The number of nitrogens with one attached hydrogen (secondary N) is 4. The molecule has 0 aliphatic carbocycles. The molecule has 41 heteroatoms. The van der Waals surface area contributed by atoms with Gasteiger partial charge in [0.05, 0.1) is 93.2 Å². The number of pyridine rings is 4. The summed E-state index contributed by atoms with van der Waals surface area (Å²) in [7, 11) is 0. The lowest BCUT2D eigenvalue weighted by Crippen LogP contribution is -2.27. The molecule has 0 bridgehead atoms. The second-order valence-corrected chi connectivity index (χ2v) is 31.8. The van der Waals surface area contributed by atoms with Gasteiger partial charge in [0.1, 0.15) is 92.1 Å². The standard InChI is InChI=1S/C23H20F2N6O.C21H15F4N7O.C21H17F2N7O.C20H15F2N7O/c1-4-16-17-19(29-22(32)23(17,2)3)28-20(27-16)18-14-9-13(24)10-26-21(14)31(30-18)11-12-7-5-6-8-15(12)25;1-20(2)15-17(28-19(20)33)27-16(30-29-15)14-11-7-8-13(21(23,24)25)26-18(11)32(31-14)9-10-5-3-4-6-12(10)22;1-10-14(23)8-12-15(17-25-18-16(27-28-17)21(2,3)20(31)26-18)29-30(19(12)24-10)9-11-6-4-5-7-13(11)22;1-20(2)15-17(25-19(20)30)24-16(27-26-15)14-12-7-11(21)8-23-18(12)29(28-14)9-10-5-3-4-6-13(10)22/h5-10H,4,11H2,1-3H3,(H,27,28,29,32);3-8H,9H2,1-2H3,(H,27,28,30,33);4-8H,9H2,1-3H3,(H,25,26,28,31);3-8H,9H2,1-2H3,(H,24,25,27,30). The fourth-order valence-corrected chi connectivity index (χ4v) is 14.6. The van der Waals surface area contributed by atoms with Gasteiger partial charge in [0, 0.05) is 27.8 Å². The van der Waals surface area contributed by atoms with Gasteiger partial charge in [-0.2, -0.15) is 33.6 Å². The summed E-state index contributed by atoms with van der Waals surface area (Å²) in [6.45, 7) is 17.5. The number of aryl methyl sites for hydroxylation is 2. The summed E-state index contributed by atoms with van der Waals surface area (Å²) in [6.07, 6.45) is -1.94. The topological polar surface area (TPSA) is 381 Å². The summed E-state index contributed by atoms with van der Waals surface area (Å²) in [4.78, 5) is 87.7. The first-order valence-electron chi connectivity index (χ1n) is 38.9. The van der Waals surface area contributed by atoms with E-state index in [4.69, 9.17) is 0 Å². The Balaban J connectivity index is 0.000000119. The summed E-state index contributed by atoms with van der Waals surface area (Å²) in [5.74, 6) is -2.53. The van der Waals surface area contributed by atoms with E-state index in [9.17, 15) is 63.1 Å². The molecule has 4 amide bonds. The number of hydrogen-bond donors (Lipinski definition) is 4. The van der Waals surface area contributed by atoms with Crippen molar-refractivity contribution in [3.8, 4) is 46.1 Å². The number of nitrogens with zero attached hydrogens (tertiary/aromatic N) is 23. The number of alkyl halides is 3. The molecule has 0 saturated carbocycles. The van der Waals surface area contributed by atoms with Gasteiger partial charge < -0.3 is 21.3 Å². The van der Waals surface area contributed by atoms with Crippen LogP contribution >= 0.6 is 0 Å². The Hall–Kier alpha value is -15.4. The molecule has 0 unspecified atom stereocenters. The van der Waals surface area contributed by atoms with Crippen LogP contribution in [0.2, 0.25) is 0 Å². The van der Waals surface area contributed by atoms with Crippen molar-refractivity contribution in [2.24, 2.45) is 0 Å². The van der Waals surface area contributed by atoms with Gasteiger partial charge in [0.2, 0.25) is 41.1 Å². The molecule has 4 aliphatic rings. The van der Waals surface area contributed by atoms with E-state index in [1.54, 1.807) is 109 Å². The van der Waals surface area contributed by atoms with Crippen LogP contribution in [0.3, 0.4) is 0 Å². The van der Waals surface area contributed by atoms with Crippen LogP contribution in [0.5, 0.6) is 0 Å². The zero-order chi connectivity index (χ0) is 89.1. The van der Waals surface area contributed by atoms with E-state index in [-0.39, 0.29) is 147 Å². The Morgan fingerprint density at radius 1 is 0.357 bits per heavy atom. The maximum absolute atomic E-state index is 14.3. The van der Waals surface area contributed by atoms with Crippen LogP contribution in [0, 0.1) is 47.6 Å². The highest BCUT2D eigenvalue weighted by Gasteiger charge is 2.46. The average molecular weight is 1720 g/mol. The summed E-state index contributed by atoms with van der Waals surface area (Å²) in [5, 5.41) is 54.8. The third-order valence-electron chi connectivity index (χ3n) is 21.8. The number of rotatable bonds is 13. The largest absolute Gasteiger partial charge is 0.433 e. The van der Waals surface area contributed by atoms with E-state index in [0.717, 1.165) is 34.4 Å². The third kappa shape index (κ3) is 14.9. The van der Waals surface area contributed by atoms with E-state index in [1.165, 1.54) is 74.7 Å². The molecule has 4 aliphatic heterocycles. The lowest BCUT2D eigenvalue weighted by Gasteiger charge is -2.17. The Morgan fingerprint density at radius 2 is 0.690 bits per heavy atom. The lowest BCUT2D eigenvalue weighted by molar-refractivity contribution is -0.141. The predicted octanol–water partition coefficient (Wildman–Crippen LogP) is 13.7. The highest BCUT2D eigenvalue weighted by atomic mass is 19.4. The number of carbonyl (C=O) groups excluding carboxylic acids is 4. The fourth-order valence-electron chi connectivity index (χ4n) is 14.6. The second-order valence-electron chi connectivity index (χ2n) is 31.8. The molecular formula is C85H67F10N27O4. The van der Waals surface area contributed by atoms with E-state index in [1.807, 2.05) is 20.8 Å². The van der Waals surface area contributed by atoms with E-state index in [0.29, 0.717) is 84.8 Å². The Bertz CT molecular complexity index is 7230. The number of amides is 4. The zero-order valence-electron chi connectivity index (χ0n) is 68.0. The monoisotopic (exact) mass is 1720 g/mol. The van der Waals surface area contributed by atoms with Crippen molar-refractivity contribution in [3.63, 3.8) is 0 Å². The van der Waals surface area contributed by atoms with E-state index in [2.05, 4.69) is 117 Å². The first-order valence-corrected chi connectivity index (χ1v) is 38.9. The van der Waals surface area contributed by atoms with Gasteiger partial charge >= 0.3 is 6.18 Å². The number of fused-ring (bicyclic) bond motifs is 8. The maximum Gasteiger partial charge on any atom is 0.433 e. The minimum atomic E-state index is -4.68. The number of aromatic nitrogens is 23. The molecule has 16 heterocycles. The molecule has 4 N–H and O–H groups in total.